The molecule has 0 aromatic carbocycles. The normalized spacial score (nSPS) is 23.0. The van der Waals surface area contributed by atoms with Crippen molar-refractivity contribution in [2.75, 3.05) is 26.2 Å². The average Bonchev–Trinajstić information content (AvgIpc) is 3.10. The van der Waals surface area contributed by atoms with Crippen LogP contribution in [0.4, 0.5) is 0 Å². The first-order valence-electron chi connectivity index (χ1n) is 8.70. The van der Waals surface area contributed by atoms with Gasteiger partial charge in [-0.05, 0) is 50.6 Å². The first-order chi connectivity index (χ1) is 10.7. The maximum absolute atomic E-state index is 12.5. The van der Waals surface area contributed by atoms with E-state index in [9.17, 15) is 4.79 Å². The topological polar surface area (TPSA) is 50.2 Å². The second kappa shape index (κ2) is 10.3. The Morgan fingerprint density at radius 3 is 2.62 bits per heavy atom. The zero-order chi connectivity index (χ0) is 15.4. The third-order valence-electron chi connectivity index (χ3n) is 5.40. The van der Waals surface area contributed by atoms with Crippen LogP contribution in [0.5, 0.6) is 0 Å². The number of imidazole rings is 1. The summed E-state index contributed by atoms with van der Waals surface area (Å²) in [5, 5.41) is 3.46. The van der Waals surface area contributed by atoms with Crippen LogP contribution in [-0.2, 0) is 4.79 Å². The standard InChI is InChI=1S/C17H28N4O.2ClH/c1-14(15-3-2-6-18-12-15)11-17(22)20-8-4-16(5-9-20)21-10-7-19-13-21;;/h7,10,13-16,18H,2-6,8-9,11-12H2,1H3;2*1H. The molecule has 138 valence electrons. The molecule has 2 saturated heterocycles. The maximum atomic E-state index is 12.5. The van der Waals surface area contributed by atoms with Gasteiger partial charge in [0, 0.05) is 37.9 Å². The summed E-state index contributed by atoms with van der Waals surface area (Å²) in [5.74, 6) is 1.51. The van der Waals surface area contributed by atoms with E-state index in [4.69, 9.17) is 0 Å². The number of nitrogens with zero attached hydrogens (tertiary/aromatic N) is 3. The summed E-state index contributed by atoms with van der Waals surface area (Å²) < 4.78 is 2.18. The molecule has 5 nitrogen and oxygen atoms in total. The van der Waals surface area contributed by atoms with Crippen molar-refractivity contribution in [1.29, 1.82) is 0 Å². The maximum Gasteiger partial charge on any atom is 0.222 e. The molecule has 1 N–H and O–H groups in total. The van der Waals surface area contributed by atoms with Gasteiger partial charge in [0.1, 0.15) is 0 Å². The van der Waals surface area contributed by atoms with Gasteiger partial charge in [-0.25, -0.2) is 4.98 Å². The van der Waals surface area contributed by atoms with Gasteiger partial charge >= 0.3 is 0 Å². The molecule has 7 heteroatoms. The number of hydrogen-bond donors (Lipinski definition) is 1. The van der Waals surface area contributed by atoms with E-state index in [0.29, 0.717) is 30.2 Å². The van der Waals surface area contributed by atoms with Gasteiger partial charge in [-0.1, -0.05) is 6.92 Å². The Kier molecular flexibility index (Phi) is 9.09. The molecule has 1 aromatic heterocycles. The number of carbonyl (C=O) groups excluding carboxylic acids is 1. The van der Waals surface area contributed by atoms with Crippen LogP contribution in [0, 0.1) is 11.8 Å². The van der Waals surface area contributed by atoms with Crippen LogP contribution < -0.4 is 5.32 Å². The molecule has 1 amide bonds. The predicted molar refractivity (Wildman–Crippen MR) is 101 cm³/mol. The molecule has 2 atom stereocenters. The highest BCUT2D eigenvalue weighted by molar-refractivity contribution is 5.85. The number of nitrogens with one attached hydrogen (secondary N) is 1. The van der Waals surface area contributed by atoms with Crippen molar-refractivity contribution in [2.24, 2.45) is 11.8 Å². The second-order valence-electron chi connectivity index (χ2n) is 6.91. The molecule has 0 saturated carbocycles. The van der Waals surface area contributed by atoms with Crippen molar-refractivity contribution >= 4 is 30.7 Å². The number of amides is 1. The van der Waals surface area contributed by atoms with E-state index in [1.54, 1.807) is 0 Å². The van der Waals surface area contributed by atoms with Crippen LogP contribution in [-0.4, -0.2) is 46.5 Å². The number of aromatic nitrogens is 2. The molecule has 2 fully saturated rings. The van der Waals surface area contributed by atoms with Gasteiger partial charge in [0.15, 0.2) is 0 Å². The van der Waals surface area contributed by atoms with Gasteiger partial charge in [0.25, 0.3) is 0 Å². The van der Waals surface area contributed by atoms with Crippen molar-refractivity contribution in [3.8, 4) is 0 Å². The van der Waals surface area contributed by atoms with Crippen LogP contribution in [0.25, 0.3) is 0 Å². The van der Waals surface area contributed by atoms with Crippen molar-refractivity contribution in [3.05, 3.63) is 18.7 Å². The molecule has 1 aromatic rings. The van der Waals surface area contributed by atoms with Crippen molar-refractivity contribution in [2.45, 2.75) is 45.1 Å². The van der Waals surface area contributed by atoms with E-state index in [0.717, 1.165) is 39.0 Å². The van der Waals surface area contributed by atoms with Gasteiger partial charge < -0.3 is 14.8 Å². The molecule has 0 spiro atoms. The number of piperidine rings is 2. The van der Waals surface area contributed by atoms with Gasteiger partial charge in [0.05, 0.1) is 6.33 Å². The Morgan fingerprint density at radius 1 is 1.29 bits per heavy atom. The molecule has 2 aliphatic rings. The highest BCUT2D eigenvalue weighted by Gasteiger charge is 2.27. The third kappa shape index (κ3) is 5.36. The van der Waals surface area contributed by atoms with Crippen molar-refractivity contribution in [1.82, 2.24) is 19.8 Å². The molecule has 0 radical (unpaired) electrons. The fraction of sp³-hybridized carbons (Fsp3) is 0.765. The Balaban J connectivity index is 0.00000144. The molecular weight excluding hydrogens is 347 g/mol. The van der Waals surface area contributed by atoms with Gasteiger partial charge in [-0.15, -0.1) is 24.8 Å². The lowest BCUT2D eigenvalue weighted by Gasteiger charge is -2.34. The minimum absolute atomic E-state index is 0. The quantitative estimate of drug-likeness (QED) is 0.878. The summed E-state index contributed by atoms with van der Waals surface area (Å²) in [4.78, 5) is 18.7. The molecular formula is C17H30Cl2N4O. The van der Waals surface area contributed by atoms with Gasteiger partial charge in [-0.3, -0.25) is 4.79 Å². The Labute approximate surface area is 157 Å². The fourth-order valence-corrected chi connectivity index (χ4v) is 3.83. The zero-order valence-electron chi connectivity index (χ0n) is 14.4. The Bertz CT molecular complexity index is 469. The van der Waals surface area contributed by atoms with Crippen LogP contribution >= 0.6 is 24.8 Å². The SMILES string of the molecule is CC(CC(=O)N1CCC(n2ccnc2)CC1)C1CCCNC1.Cl.Cl. The predicted octanol–water partition coefficient (Wildman–Crippen LogP) is 2.92. The summed E-state index contributed by atoms with van der Waals surface area (Å²) >= 11 is 0. The summed E-state index contributed by atoms with van der Waals surface area (Å²) in [6.45, 7) is 6.23. The summed E-state index contributed by atoms with van der Waals surface area (Å²) in [5.41, 5.74) is 0. The lowest BCUT2D eigenvalue weighted by Crippen LogP contribution is -2.41. The fourth-order valence-electron chi connectivity index (χ4n) is 3.83. The Hall–Kier alpha value is -0.780. The first-order valence-corrected chi connectivity index (χ1v) is 8.70. The molecule has 2 aliphatic heterocycles. The summed E-state index contributed by atoms with van der Waals surface area (Å²) in [6, 6.07) is 0.506. The van der Waals surface area contributed by atoms with E-state index in [1.807, 2.05) is 18.7 Å². The number of likely N-dealkylation sites (tertiary alicyclic amines) is 1. The van der Waals surface area contributed by atoms with E-state index in [-0.39, 0.29) is 24.8 Å². The smallest absolute Gasteiger partial charge is 0.222 e. The number of carbonyl (C=O) groups is 1. The van der Waals surface area contributed by atoms with E-state index in [1.165, 1.54) is 12.8 Å². The third-order valence-corrected chi connectivity index (χ3v) is 5.40. The lowest BCUT2D eigenvalue weighted by atomic mass is 9.85. The van der Waals surface area contributed by atoms with Crippen molar-refractivity contribution < 1.29 is 4.79 Å². The minimum atomic E-state index is 0. The molecule has 24 heavy (non-hydrogen) atoms. The van der Waals surface area contributed by atoms with Crippen LogP contribution in [0.1, 0.15) is 45.1 Å². The summed E-state index contributed by atoms with van der Waals surface area (Å²) in [7, 11) is 0. The lowest BCUT2D eigenvalue weighted by molar-refractivity contribution is -0.133. The van der Waals surface area contributed by atoms with Crippen LogP contribution in [0.2, 0.25) is 0 Å². The molecule has 2 unspecified atom stereocenters. The average molecular weight is 377 g/mol. The van der Waals surface area contributed by atoms with E-state index < -0.39 is 0 Å². The molecule has 0 bridgehead atoms. The van der Waals surface area contributed by atoms with Crippen LogP contribution in [0.3, 0.4) is 0 Å². The molecule has 0 aliphatic carbocycles. The van der Waals surface area contributed by atoms with Crippen molar-refractivity contribution in [3.63, 3.8) is 0 Å². The molecule has 3 rings (SSSR count). The van der Waals surface area contributed by atoms with Gasteiger partial charge in [-0.2, -0.15) is 0 Å². The van der Waals surface area contributed by atoms with E-state index in [2.05, 4.69) is 26.7 Å². The molecule has 3 heterocycles. The number of rotatable bonds is 4. The largest absolute Gasteiger partial charge is 0.343 e. The number of hydrogen-bond acceptors (Lipinski definition) is 3. The van der Waals surface area contributed by atoms with Crippen LogP contribution in [0.15, 0.2) is 18.7 Å². The highest BCUT2D eigenvalue weighted by atomic mass is 35.5. The second-order valence-corrected chi connectivity index (χ2v) is 6.91. The van der Waals surface area contributed by atoms with Gasteiger partial charge in [0.2, 0.25) is 5.91 Å². The Morgan fingerprint density at radius 2 is 2.04 bits per heavy atom. The number of halogens is 2. The van der Waals surface area contributed by atoms with E-state index >= 15 is 0 Å². The monoisotopic (exact) mass is 376 g/mol. The summed E-state index contributed by atoms with van der Waals surface area (Å²) in [6.07, 6.45) is 11.1. The highest BCUT2D eigenvalue weighted by Crippen LogP contribution is 2.26. The zero-order valence-corrected chi connectivity index (χ0v) is 16.0. The first kappa shape index (κ1) is 21.3. The minimum Gasteiger partial charge on any atom is -0.343 e.